The van der Waals surface area contributed by atoms with Gasteiger partial charge in [0.1, 0.15) is 5.82 Å². The lowest BCUT2D eigenvalue weighted by molar-refractivity contribution is -0.140. The molecule has 2 N–H and O–H groups in total. The van der Waals surface area contributed by atoms with E-state index in [0.717, 1.165) is 57.1 Å². The van der Waals surface area contributed by atoms with E-state index in [1.165, 1.54) is 6.07 Å². The number of hydrogen-bond acceptors (Lipinski definition) is 2. The summed E-state index contributed by atoms with van der Waals surface area (Å²) in [5, 5.41) is 0. The van der Waals surface area contributed by atoms with Crippen molar-refractivity contribution in [3.63, 3.8) is 0 Å². The largest absolute Gasteiger partial charge is 0.340 e. The van der Waals surface area contributed by atoms with Crippen molar-refractivity contribution < 1.29 is 9.18 Å². The van der Waals surface area contributed by atoms with Gasteiger partial charge >= 0.3 is 0 Å². The molecule has 1 atom stereocenters. The summed E-state index contributed by atoms with van der Waals surface area (Å²) in [6.07, 6.45) is 6.80. The lowest BCUT2D eigenvalue weighted by atomic mass is 9.68. The normalized spacial score (nSPS) is 23.9. The van der Waals surface area contributed by atoms with E-state index in [1.807, 2.05) is 11.0 Å². The summed E-state index contributed by atoms with van der Waals surface area (Å²) in [5.74, 6) is -0.0986. The molecule has 1 aliphatic heterocycles. The highest BCUT2D eigenvalue weighted by molar-refractivity contribution is 5.88. The number of halogens is 2. The van der Waals surface area contributed by atoms with Gasteiger partial charge in [-0.3, -0.25) is 4.79 Å². The second-order valence-corrected chi connectivity index (χ2v) is 6.81. The molecule has 0 aromatic heterocycles. The predicted molar refractivity (Wildman–Crippen MR) is 92.2 cm³/mol. The summed E-state index contributed by atoms with van der Waals surface area (Å²) in [4.78, 5) is 15.2. The Morgan fingerprint density at radius 3 is 2.61 bits per heavy atom. The lowest BCUT2D eigenvalue weighted by Gasteiger charge is -2.42. The number of hydrogen-bond donors (Lipinski definition) is 1. The highest BCUT2D eigenvalue weighted by atomic mass is 35.5. The Balaban J connectivity index is 0.00000192. The van der Waals surface area contributed by atoms with E-state index in [1.54, 1.807) is 12.1 Å². The third-order valence-corrected chi connectivity index (χ3v) is 5.24. The van der Waals surface area contributed by atoms with Crippen LogP contribution in [-0.2, 0) is 10.2 Å². The number of carbonyl (C=O) groups is 1. The van der Waals surface area contributed by atoms with E-state index in [0.29, 0.717) is 6.54 Å². The number of amides is 1. The zero-order valence-corrected chi connectivity index (χ0v) is 14.3. The molecule has 3 nitrogen and oxygen atoms in total. The quantitative estimate of drug-likeness (QED) is 0.896. The number of nitrogens with two attached hydrogens (primary N) is 1. The Labute approximate surface area is 143 Å². The van der Waals surface area contributed by atoms with Gasteiger partial charge in [0.25, 0.3) is 0 Å². The number of benzene rings is 1. The first-order valence-corrected chi connectivity index (χ1v) is 8.43. The van der Waals surface area contributed by atoms with Gasteiger partial charge in [-0.05, 0) is 43.4 Å². The van der Waals surface area contributed by atoms with Gasteiger partial charge in [0.2, 0.25) is 5.91 Å². The number of carbonyl (C=O) groups excluding carboxylic acids is 1. The Morgan fingerprint density at radius 1 is 1.22 bits per heavy atom. The molecule has 1 heterocycles. The highest BCUT2D eigenvalue weighted by Gasteiger charge is 2.44. The Bertz CT molecular complexity index is 546. The average molecular weight is 341 g/mol. The lowest BCUT2D eigenvalue weighted by Crippen LogP contribution is -2.53. The van der Waals surface area contributed by atoms with Crippen LogP contribution >= 0.6 is 12.4 Å². The van der Waals surface area contributed by atoms with Gasteiger partial charge in [-0.15, -0.1) is 12.4 Å². The van der Waals surface area contributed by atoms with Crippen LogP contribution < -0.4 is 5.73 Å². The van der Waals surface area contributed by atoms with Crippen LogP contribution in [0.15, 0.2) is 24.3 Å². The van der Waals surface area contributed by atoms with Gasteiger partial charge < -0.3 is 10.6 Å². The molecular formula is C18H26ClFN2O. The van der Waals surface area contributed by atoms with E-state index in [-0.39, 0.29) is 30.2 Å². The molecule has 128 valence electrons. The Kier molecular flexibility index (Phi) is 6.04. The molecule has 0 bridgehead atoms. The molecule has 2 fully saturated rings. The molecule has 1 aliphatic carbocycles. The summed E-state index contributed by atoms with van der Waals surface area (Å²) in [6.45, 7) is 1.42. The minimum Gasteiger partial charge on any atom is -0.340 e. The Morgan fingerprint density at radius 2 is 1.96 bits per heavy atom. The fourth-order valence-electron chi connectivity index (χ4n) is 4.06. The monoisotopic (exact) mass is 340 g/mol. The van der Waals surface area contributed by atoms with E-state index in [2.05, 4.69) is 0 Å². The number of piperidine rings is 1. The average Bonchev–Trinajstić information content (AvgIpc) is 2.55. The van der Waals surface area contributed by atoms with Gasteiger partial charge in [0, 0.05) is 19.1 Å². The van der Waals surface area contributed by atoms with E-state index >= 15 is 0 Å². The van der Waals surface area contributed by atoms with Crippen molar-refractivity contribution in [1.29, 1.82) is 0 Å². The van der Waals surface area contributed by atoms with Crippen molar-refractivity contribution in [2.75, 3.05) is 13.1 Å². The van der Waals surface area contributed by atoms with Gasteiger partial charge in [-0.25, -0.2) is 4.39 Å². The maximum atomic E-state index is 13.7. The second kappa shape index (κ2) is 7.63. The van der Waals surface area contributed by atoms with Crippen LogP contribution in [-0.4, -0.2) is 29.9 Å². The molecule has 1 saturated carbocycles. The first-order valence-electron chi connectivity index (χ1n) is 8.43. The fourth-order valence-corrected chi connectivity index (χ4v) is 4.06. The molecule has 3 rings (SSSR count). The number of nitrogens with zero attached hydrogens (tertiary/aromatic N) is 1. The first-order chi connectivity index (χ1) is 10.6. The highest BCUT2D eigenvalue weighted by Crippen LogP contribution is 2.41. The van der Waals surface area contributed by atoms with Crippen molar-refractivity contribution in [1.82, 2.24) is 4.90 Å². The van der Waals surface area contributed by atoms with Crippen LogP contribution in [0.1, 0.15) is 50.5 Å². The molecule has 1 unspecified atom stereocenters. The van der Waals surface area contributed by atoms with Crippen LogP contribution in [0.3, 0.4) is 0 Å². The van der Waals surface area contributed by atoms with Crippen LogP contribution in [0.2, 0.25) is 0 Å². The maximum absolute atomic E-state index is 13.7. The smallest absolute Gasteiger partial charge is 0.233 e. The van der Waals surface area contributed by atoms with Crippen LogP contribution in [0.25, 0.3) is 0 Å². The van der Waals surface area contributed by atoms with Crippen molar-refractivity contribution in [3.8, 4) is 0 Å². The van der Waals surface area contributed by atoms with Crippen molar-refractivity contribution >= 4 is 18.3 Å². The molecule has 2 aliphatic rings. The molecule has 1 aromatic rings. The summed E-state index contributed by atoms with van der Waals surface area (Å²) in [6, 6.07) is 6.70. The molecule has 0 spiro atoms. The third kappa shape index (κ3) is 3.69. The van der Waals surface area contributed by atoms with Gasteiger partial charge in [0.05, 0.1) is 5.41 Å². The van der Waals surface area contributed by atoms with Gasteiger partial charge in [-0.1, -0.05) is 31.4 Å². The molecular weight excluding hydrogens is 315 g/mol. The van der Waals surface area contributed by atoms with E-state index < -0.39 is 5.41 Å². The zero-order valence-electron chi connectivity index (χ0n) is 13.5. The molecule has 5 heteroatoms. The van der Waals surface area contributed by atoms with Crippen LogP contribution in [0, 0.1) is 5.82 Å². The summed E-state index contributed by atoms with van der Waals surface area (Å²) in [7, 11) is 0. The van der Waals surface area contributed by atoms with Crippen LogP contribution in [0.5, 0.6) is 0 Å². The van der Waals surface area contributed by atoms with Crippen molar-refractivity contribution in [2.24, 2.45) is 5.73 Å². The predicted octanol–water partition coefficient (Wildman–Crippen LogP) is 3.40. The summed E-state index contributed by atoms with van der Waals surface area (Å²) in [5.41, 5.74) is 6.34. The van der Waals surface area contributed by atoms with Crippen LogP contribution in [0.4, 0.5) is 4.39 Å². The summed E-state index contributed by atoms with van der Waals surface area (Å²) >= 11 is 0. The molecule has 23 heavy (non-hydrogen) atoms. The first kappa shape index (κ1) is 18.2. The third-order valence-electron chi connectivity index (χ3n) is 5.24. The van der Waals surface area contributed by atoms with E-state index in [4.69, 9.17) is 5.73 Å². The number of likely N-dealkylation sites (tertiary alicyclic amines) is 1. The minimum atomic E-state index is -0.544. The van der Waals surface area contributed by atoms with Gasteiger partial charge in [0.15, 0.2) is 0 Å². The second-order valence-electron chi connectivity index (χ2n) is 6.81. The SMILES string of the molecule is Cl.NC1CCCN(C(=O)C2(c3cccc(F)c3)CCCCC2)C1. The molecule has 1 saturated heterocycles. The number of rotatable bonds is 2. The standard InChI is InChI=1S/C18H25FN2O.ClH/c19-15-7-4-6-14(12-15)18(9-2-1-3-10-18)17(22)21-11-5-8-16(20)13-21;/h4,6-7,12,16H,1-3,5,8-11,13,20H2;1H. The van der Waals surface area contributed by atoms with Crippen molar-refractivity contribution in [3.05, 3.63) is 35.6 Å². The minimum absolute atomic E-state index is 0. The zero-order chi connectivity index (χ0) is 15.6. The van der Waals surface area contributed by atoms with E-state index in [9.17, 15) is 9.18 Å². The van der Waals surface area contributed by atoms with Gasteiger partial charge in [-0.2, -0.15) is 0 Å². The fraction of sp³-hybridized carbons (Fsp3) is 0.611. The molecule has 1 amide bonds. The maximum Gasteiger partial charge on any atom is 0.233 e. The Hall–Kier alpha value is -1.13. The van der Waals surface area contributed by atoms with Crippen molar-refractivity contribution in [2.45, 2.75) is 56.4 Å². The molecule has 1 aromatic carbocycles. The summed E-state index contributed by atoms with van der Waals surface area (Å²) < 4.78 is 13.7. The topological polar surface area (TPSA) is 46.3 Å². The molecule has 0 radical (unpaired) electrons.